The van der Waals surface area contributed by atoms with E-state index < -0.39 is 21.8 Å². The van der Waals surface area contributed by atoms with Gasteiger partial charge in [0.1, 0.15) is 5.75 Å². The molecule has 0 unspecified atom stereocenters. The first-order valence-corrected chi connectivity index (χ1v) is 8.84. The van der Waals surface area contributed by atoms with Crippen LogP contribution in [0.1, 0.15) is 20.7 Å². The molecule has 0 bridgehead atoms. The fraction of sp³-hybridized carbons (Fsp3) is 0.125. The third kappa shape index (κ3) is 2.71. The first-order valence-electron chi connectivity index (χ1n) is 6.95. The molecule has 24 heavy (non-hydrogen) atoms. The van der Waals surface area contributed by atoms with E-state index in [9.17, 15) is 18.0 Å². The lowest BCUT2D eigenvalue weighted by Crippen LogP contribution is -2.29. The summed E-state index contributed by atoms with van der Waals surface area (Å²) in [5.41, 5.74) is 1.19. The molecule has 2 amide bonds. The van der Waals surface area contributed by atoms with Crippen molar-refractivity contribution in [3.05, 3.63) is 53.6 Å². The fourth-order valence-corrected chi connectivity index (χ4v) is 3.09. The van der Waals surface area contributed by atoms with Gasteiger partial charge in [-0.3, -0.25) is 14.3 Å². The maximum absolute atomic E-state index is 12.5. The van der Waals surface area contributed by atoms with Gasteiger partial charge >= 0.3 is 0 Å². The molecule has 0 spiro atoms. The molecule has 0 fully saturated rings. The van der Waals surface area contributed by atoms with Crippen LogP contribution in [0.15, 0.2) is 42.5 Å². The van der Waals surface area contributed by atoms with Crippen LogP contribution in [0.3, 0.4) is 0 Å². The van der Waals surface area contributed by atoms with Crippen molar-refractivity contribution in [2.24, 2.45) is 0 Å². The van der Waals surface area contributed by atoms with Gasteiger partial charge in [-0.1, -0.05) is 12.1 Å². The Morgan fingerprint density at radius 2 is 1.58 bits per heavy atom. The Labute approximate surface area is 138 Å². The number of hydrogen-bond donors (Lipinski definition) is 1. The fourth-order valence-electron chi connectivity index (χ4n) is 2.53. The summed E-state index contributed by atoms with van der Waals surface area (Å²) in [4.78, 5) is 26.0. The van der Waals surface area contributed by atoms with Gasteiger partial charge < -0.3 is 4.74 Å². The van der Waals surface area contributed by atoms with E-state index in [1.165, 1.54) is 25.3 Å². The average molecular weight is 346 g/mol. The molecule has 0 saturated carbocycles. The number of sulfonamides is 1. The highest BCUT2D eigenvalue weighted by atomic mass is 32.2. The molecule has 0 atom stereocenters. The third-order valence-corrected chi connectivity index (χ3v) is 4.12. The molecule has 1 N–H and O–H groups in total. The summed E-state index contributed by atoms with van der Waals surface area (Å²) < 4.78 is 30.2. The van der Waals surface area contributed by atoms with Crippen LogP contribution in [-0.2, 0) is 10.0 Å². The molecular weight excluding hydrogens is 332 g/mol. The second-order valence-corrected chi connectivity index (χ2v) is 7.00. The van der Waals surface area contributed by atoms with Crippen molar-refractivity contribution in [2.75, 3.05) is 23.0 Å². The van der Waals surface area contributed by atoms with Gasteiger partial charge in [-0.05, 0) is 24.3 Å². The minimum Gasteiger partial charge on any atom is -0.494 e. The van der Waals surface area contributed by atoms with Gasteiger partial charge in [-0.25, -0.2) is 13.3 Å². The number of rotatable bonds is 4. The van der Waals surface area contributed by atoms with Crippen molar-refractivity contribution in [1.29, 1.82) is 0 Å². The number of carbonyl (C=O) groups excluding carboxylic acids is 2. The zero-order valence-electron chi connectivity index (χ0n) is 12.9. The highest BCUT2D eigenvalue weighted by Gasteiger charge is 2.36. The molecule has 0 saturated heterocycles. The Balaban J connectivity index is 2.03. The van der Waals surface area contributed by atoms with Crippen molar-refractivity contribution in [1.82, 2.24) is 0 Å². The summed E-state index contributed by atoms with van der Waals surface area (Å²) in [6.45, 7) is 0. The molecule has 1 aliphatic heterocycles. The van der Waals surface area contributed by atoms with E-state index in [-0.39, 0.29) is 11.4 Å². The van der Waals surface area contributed by atoms with E-state index in [2.05, 4.69) is 4.72 Å². The van der Waals surface area contributed by atoms with E-state index in [4.69, 9.17) is 4.74 Å². The summed E-state index contributed by atoms with van der Waals surface area (Å²) in [7, 11) is -2.11. The number of hydrogen-bond acceptors (Lipinski definition) is 5. The summed E-state index contributed by atoms with van der Waals surface area (Å²) in [5, 5.41) is 0. The molecule has 1 aliphatic rings. The van der Waals surface area contributed by atoms with E-state index in [1.807, 2.05) is 0 Å². The van der Waals surface area contributed by atoms with Crippen molar-refractivity contribution in [3.63, 3.8) is 0 Å². The van der Waals surface area contributed by atoms with Crippen molar-refractivity contribution < 1.29 is 22.7 Å². The first-order chi connectivity index (χ1) is 11.3. The van der Waals surface area contributed by atoms with Gasteiger partial charge in [0.05, 0.1) is 35.9 Å². The normalized spacial score (nSPS) is 13.8. The molecule has 0 aliphatic carbocycles. The van der Waals surface area contributed by atoms with Crippen LogP contribution in [0.25, 0.3) is 0 Å². The minimum atomic E-state index is -3.48. The number of anilines is 2. The molecule has 0 aromatic heterocycles. The highest BCUT2D eigenvalue weighted by Crippen LogP contribution is 2.34. The molecular formula is C16H14N2O5S. The van der Waals surface area contributed by atoms with Crippen LogP contribution < -0.4 is 14.4 Å². The maximum Gasteiger partial charge on any atom is 0.266 e. The minimum absolute atomic E-state index is 0.203. The smallest absolute Gasteiger partial charge is 0.266 e. The van der Waals surface area contributed by atoms with Crippen LogP contribution in [0.5, 0.6) is 5.75 Å². The van der Waals surface area contributed by atoms with Gasteiger partial charge in [0.25, 0.3) is 11.8 Å². The zero-order valence-corrected chi connectivity index (χ0v) is 13.8. The van der Waals surface area contributed by atoms with Crippen LogP contribution in [0, 0.1) is 0 Å². The van der Waals surface area contributed by atoms with E-state index in [0.717, 1.165) is 11.2 Å². The first kappa shape index (κ1) is 16.0. The zero-order chi connectivity index (χ0) is 17.5. The number of ether oxygens (including phenoxy) is 1. The molecule has 0 radical (unpaired) electrons. The number of nitrogens with zero attached hydrogens (tertiary/aromatic N) is 1. The Morgan fingerprint density at radius 3 is 2.08 bits per heavy atom. The summed E-state index contributed by atoms with van der Waals surface area (Å²) in [6, 6.07) is 10.9. The topological polar surface area (TPSA) is 92.8 Å². The largest absolute Gasteiger partial charge is 0.494 e. The Hall–Kier alpha value is -2.87. The van der Waals surface area contributed by atoms with Gasteiger partial charge in [0, 0.05) is 6.07 Å². The molecule has 7 nitrogen and oxygen atoms in total. The third-order valence-electron chi connectivity index (χ3n) is 3.53. The Morgan fingerprint density at radius 1 is 1.00 bits per heavy atom. The maximum atomic E-state index is 12.5. The average Bonchev–Trinajstić information content (AvgIpc) is 2.79. The van der Waals surface area contributed by atoms with Crippen LogP contribution in [-0.4, -0.2) is 33.6 Å². The SMILES string of the molecule is COc1cc(N2C(=O)c3ccccc3C2=O)ccc1NS(C)(=O)=O. The van der Waals surface area contributed by atoms with Gasteiger partial charge in [0.15, 0.2) is 0 Å². The number of methoxy groups -OCH3 is 1. The molecule has 2 aromatic rings. The van der Waals surface area contributed by atoms with Gasteiger partial charge in [-0.2, -0.15) is 0 Å². The predicted octanol–water partition coefficient (Wildman–Crippen LogP) is 1.87. The Kier molecular flexibility index (Phi) is 3.76. The predicted molar refractivity (Wildman–Crippen MR) is 89.0 cm³/mol. The lowest BCUT2D eigenvalue weighted by Gasteiger charge is -2.17. The van der Waals surface area contributed by atoms with Gasteiger partial charge in [-0.15, -0.1) is 0 Å². The van der Waals surface area contributed by atoms with Crippen LogP contribution >= 0.6 is 0 Å². The number of nitrogens with one attached hydrogen (secondary N) is 1. The number of benzene rings is 2. The number of amides is 2. The van der Waals surface area contributed by atoms with Crippen molar-refractivity contribution >= 4 is 33.2 Å². The van der Waals surface area contributed by atoms with E-state index >= 15 is 0 Å². The van der Waals surface area contributed by atoms with Crippen LogP contribution in [0.4, 0.5) is 11.4 Å². The summed E-state index contributed by atoms with van der Waals surface area (Å²) in [5.74, 6) is -0.655. The van der Waals surface area contributed by atoms with Crippen molar-refractivity contribution in [3.8, 4) is 5.75 Å². The lowest BCUT2D eigenvalue weighted by atomic mass is 10.1. The second-order valence-electron chi connectivity index (χ2n) is 5.25. The standard InChI is InChI=1S/C16H14N2O5S/c1-23-14-9-10(7-8-13(14)17-24(2,21)22)18-15(19)11-5-3-4-6-12(11)16(18)20/h3-9,17H,1-2H3. The molecule has 8 heteroatoms. The summed E-state index contributed by atoms with van der Waals surface area (Å²) in [6.07, 6.45) is 1.02. The molecule has 2 aromatic carbocycles. The van der Waals surface area contributed by atoms with Crippen LogP contribution in [0.2, 0.25) is 0 Å². The number of fused-ring (bicyclic) bond motifs is 1. The van der Waals surface area contributed by atoms with Crippen molar-refractivity contribution in [2.45, 2.75) is 0 Å². The molecule has 1 heterocycles. The molecule has 3 rings (SSSR count). The highest BCUT2D eigenvalue weighted by molar-refractivity contribution is 7.92. The quantitative estimate of drug-likeness (QED) is 0.853. The Bertz CT molecular complexity index is 918. The van der Waals surface area contributed by atoms with Gasteiger partial charge in [0.2, 0.25) is 10.0 Å². The number of imide groups is 1. The summed E-state index contributed by atoms with van der Waals surface area (Å²) >= 11 is 0. The second kappa shape index (κ2) is 5.64. The number of carbonyl (C=O) groups is 2. The van der Waals surface area contributed by atoms with E-state index in [0.29, 0.717) is 16.8 Å². The monoisotopic (exact) mass is 346 g/mol. The van der Waals surface area contributed by atoms with E-state index in [1.54, 1.807) is 24.3 Å². The molecule has 124 valence electrons. The lowest BCUT2D eigenvalue weighted by molar-refractivity contribution is 0.0926.